The Kier molecular flexibility index (Phi) is 8.02. The van der Waals surface area contributed by atoms with Gasteiger partial charge in [-0.25, -0.2) is 14.4 Å². The molecule has 0 atom stereocenters. The maximum Gasteiger partial charge on any atom is 0.338 e. The van der Waals surface area contributed by atoms with E-state index in [0.29, 0.717) is 11.1 Å². The van der Waals surface area contributed by atoms with E-state index in [2.05, 4.69) is 10.6 Å². The standard InChI is InChI=1S/C21H24N2O5/c1-15-7-3-5-9-17(15)19(24)27-13-11-22-21(26)23-12-14-28-20(25)18-10-6-4-8-16(18)2/h3-10H,11-14H2,1-2H3,(H2,22,23,26). The molecule has 0 unspecified atom stereocenters. The largest absolute Gasteiger partial charge is 0.460 e. The second kappa shape index (κ2) is 10.7. The minimum absolute atomic E-state index is 0.0584. The molecular weight excluding hydrogens is 360 g/mol. The smallest absolute Gasteiger partial charge is 0.338 e. The first-order valence-electron chi connectivity index (χ1n) is 8.96. The molecule has 0 radical (unpaired) electrons. The van der Waals surface area contributed by atoms with Gasteiger partial charge in [0.05, 0.1) is 24.2 Å². The fourth-order valence-electron chi connectivity index (χ4n) is 2.44. The number of esters is 2. The summed E-state index contributed by atoms with van der Waals surface area (Å²) in [7, 11) is 0. The van der Waals surface area contributed by atoms with Gasteiger partial charge in [-0.1, -0.05) is 36.4 Å². The summed E-state index contributed by atoms with van der Waals surface area (Å²) in [5, 5.41) is 5.13. The van der Waals surface area contributed by atoms with Gasteiger partial charge in [0.2, 0.25) is 0 Å². The third kappa shape index (κ3) is 6.42. The highest BCUT2D eigenvalue weighted by molar-refractivity contribution is 5.91. The Morgan fingerprint density at radius 1 is 0.714 bits per heavy atom. The van der Waals surface area contributed by atoms with Crippen molar-refractivity contribution in [3.8, 4) is 0 Å². The van der Waals surface area contributed by atoms with Gasteiger partial charge in [0, 0.05) is 0 Å². The van der Waals surface area contributed by atoms with Crippen LogP contribution >= 0.6 is 0 Å². The maximum absolute atomic E-state index is 11.9. The van der Waals surface area contributed by atoms with Crippen LogP contribution in [0.15, 0.2) is 48.5 Å². The summed E-state index contributed by atoms with van der Waals surface area (Å²) >= 11 is 0. The first kappa shape index (κ1) is 21.0. The van der Waals surface area contributed by atoms with Crippen molar-refractivity contribution < 1.29 is 23.9 Å². The molecule has 0 saturated carbocycles. The van der Waals surface area contributed by atoms with Gasteiger partial charge in [0.1, 0.15) is 13.2 Å². The van der Waals surface area contributed by atoms with Crippen molar-refractivity contribution in [3.05, 3.63) is 70.8 Å². The molecule has 0 spiro atoms. The van der Waals surface area contributed by atoms with E-state index in [1.165, 1.54) is 0 Å². The molecule has 0 aromatic heterocycles. The van der Waals surface area contributed by atoms with Crippen molar-refractivity contribution in [3.63, 3.8) is 0 Å². The lowest BCUT2D eigenvalue weighted by atomic mass is 10.1. The Bertz CT molecular complexity index is 768. The van der Waals surface area contributed by atoms with Crippen LogP contribution in [0.2, 0.25) is 0 Å². The molecule has 0 aliphatic carbocycles. The minimum atomic E-state index is -0.432. The van der Waals surface area contributed by atoms with E-state index in [1.54, 1.807) is 24.3 Å². The van der Waals surface area contributed by atoms with E-state index in [-0.39, 0.29) is 26.3 Å². The van der Waals surface area contributed by atoms with Crippen LogP contribution in [0.4, 0.5) is 4.79 Å². The molecule has 2 aromatic rings. The SMILES string of the molecule is Cc1ccccc1C(=O)OCCNC(=O)NCCOC(=O)c1ccccc1C. The number of benzene rings is 2. The molecule has 2 N–H and O–H groups in total. The van der Waals surface area contributed by atoms with E-state index in [1.807, 2.05) is 38.1 Å². The molecule has 0 aliphatic heterocycles. The Labute approximate surface area is 164 Å². The van der Waals surface area contributed by atoms with Crippen molar-refractivity contribution in [2.24, 2.45) is 0 Å². The fraction of sp³-hybridized carbons (Fsp3) is 0.286. The van der Waals surface area contributed by atoms with Crippen molar-refractivity contribution in [1.29, 1.82) is 0 Å². The lowest BCUT2D eigenvalue weighted by Crippen LogP contribution is -2.39. The summed E-state index contributed by atoms with van der Waals surface area (Å²) in [6.07, 6.45) is 0. The Morgan fingerprint density at radius 3 is 1.50 bits per heavy atom. The number of hydrogen-bond donors (Lipinski definition) is 2. The lowest BCUT2D eigenvalue weighted by Gasteiger charge is -2.10. The number of amides is 2. The normalized spacial score (nSPS) is 10.1. The van der Waals surface area contributed by atoms with Gasteiger partial charge in [0.15, 0.2) is 0 Å². The van der Waals surface area contributed by atoms with Crippen molar-refractivity contribution in [2.45, 2.75) is 13.8 Å². The monoisotopic (exact) mass is 384 g/mol. The topological polar surface area (TPSA) is 93.7 Å². The summed E-state index contributed by atoms with van der Waals surface area (Å²) < 4.78 is 10.3. The van der Waals surface area contributed by atoms with E-state index < -0.39 is 18.0 Å². The number of aryl methyl sites for hydroxylation is 2. The summed E-state index contributed by atoms with van der Waals surface area (Å²) in [6.45, 7) is 4.12. The molecule has 0 heterocycles. The zero-order valence-corrected chi connectivity index (χ0v) is 16.0. The molecule has 2 amide bonds. The number of urea groups is 1. The number of rotatable bonds is 8. The van der Waals surface area contributed by atoms with Gasteiger partial charge < -0.3 is 20.1 Å². The molecule has 2 rings (SSSR count). The second-order valence-corrected chi connectivity index (χ2v) is 6.08. The quantitative estimate of drug-likeness (QED) is 0.539. The molecule has 2 aromatic carbocycles. The Hall–Kier alpha value is -3.35. The van der Waals surface area contributed by atoms with E-state index in [0.717, 1.165) is 11.1 Å². The van der Waals surface area contributed by atoms with Crippen LogP contribution < -0.4 is 10.6 Å². The van der Waals surface area contributed by atoms with Crippen LogP contribution in [0.1, 0.15) is 31.8 Å². The molecular formula is C21H24N2O5. The van der Waals surface area contributed by atoms with E-state index in [4.69, 9.17) is 9.47 Å². The van der Waals surface area contributed by atoms with Crippen LogP contribution in [0, 0.1) is 13.8 Å². The van der Waals surface area contributed by atoms with Gasteiger partial charge >= 0.3 is 18.0 Å². The highest BCUT2D eigenvalue weighted by atomic mass is 16.5. The molecule has 0 bridgehead atoms. The van der Waals surface area contributed by atoms with Crippen molar-refractivity contribution in [1.82, 2.24) is 10.6 Å². The molecule has 7 nitrogen and oxygen atoms in total. The minimum Gasteiger partial charge on any atom is -0.460 e. The van der Waals surface area contributed by atoms with E-state index >= 15 is 0 Å². The zero-order chi connectivity index (χ0) is 20.4. The second-order valence-electron chi connectivity index (χ2n) is 6.08. The number of nitrogens with one attached hydrogen (secondary N) is 2. The number of carbonyl (C=O) groups excluding carboxylic acids is 3. The van der Waals surface area contributed by atoms with Crippen LogP contribution in [0.3, 0.4) is 0 Å². The third-order valence-corrected chi connectivity index (χ3v) is 3.97. The van der Waals surface area contributed by atoms with Crippen LogP contribution in [-0.4, -0.2) is 44.3 Å². The Balaban J connectivity index is 1.58. The summed E-state index contributed by atoms with van der Waals surface area (Å²) in [4.78, 5) is 35.5. The number of ether oxygens (including phenoxy) is 2. The van der Waals surface area contributed by atoms with E-state index in [9.17, 15) is 14.4 Å². The molecule has 28 heavy (non-hydrogen) atoms. The van der Waals surface area contributed by atoms with Gasteiger partial charge in [-0.15, -0.1) is 0 Å². The Morgan fingerprint density at radius 2 is 1.11 bits per heavy atom. The average Bonchev–Trinajstić information content (AvgIpc) is 2.69. The summed E-state index contributed by atoms with van der Waals surface area (Å²) in [5.74, 6) is -0.855. The van der Waals surface area contributed by atoms with Crippen LogP contribution in [0.25, 0.3) is 0 Å². The first-order chi connectivity index (χ1) is 13.5. The molecule has 148 valence electrons. The molecule has 0 aliphatic rings. The summed E-state index contributed by atoms with van der Waals surface area (Å²) in [5.41, 5.74) is 2.67. The highest BCUT2D eigenvalue weighted by Crippen LogP contribution is 2.09. The predicted octanol–water partition coefficient (Wildman–Crippen LogP) is 2.62. The zero-order valence-electron chi connectivity index (χ0n) is 16.0. The average molecular weight is 384 g/mol. The summed E-state index contributed by atoms with van der Waals surface area (Å²) in [6, 6.07) is 13.8. The molecule has 7 heteroatoms. The maximum atomic E-state index is 11.9. The van der Waals surface area contributed by atoms with Crippen molar-refractivity contribution in [2.75, 3.05) is 26.3 Å². The van der Waals surface area contributed by atoms with Gasteiger partial charge in [0.25, 0.3) is 0 Å². The highest BCUT2D eigenvalue weighted by Gasteiger charge is 2.10. The number of hydrogen-bond acceptors (Lipinski definition) is 5. The lowest BCUT2D eigenvalue weighted by molar-refractivity contribution is 0.0506. The third-order valence-electron chi connectivity index (χ3n) is 3.97. The van der Waals surface area contributed by atoms with Crippen LogP contribution in [-0.2, 0) is 9.47 Å². The van der Waals surface area contributed by atoms with Gasteiger partial charge in [-0.2, -0.15) is 0 Å². The first-order valence-corrected chi connectivity index (χ1v) is 8.96. The fourth-order valence-corrected chi connectivity index (χ4v) is 2.44. The number of carbonyl (C=O) groups is 3. The molecule has 0 saturated heterocycles. The predicted molar refractivity (Wildman–Crippen MR) is 104 cm³/mol. The van der Waals surface area contributed by atoms with Crippen LogP contribution in [0.5, 0.6) is 0 Å². The van der Waals surface area contributed by atoms with Gasteiger partial charge in [-0.3, -0.25) is 0 Å². The van der Waals surface area contributed by atoms with Gasteiger partial charge in [-0.05, 0) is 37.1 Å². The molecule has 0 fully saturated rings. The van der Waals surface area contributed by atoms with Crippen molar-refractivity contribution >= 4 is 18.0 Å².